The van der Waals surface area contributed by atoms with Crippen LogP contribution >= 0.6 is 0 Å². The van der Waals surface area contributed by atoms with E-state index >= 15 is 0 Å². The predicted molar refractivity (Wildman–Crippen MR) is 133 cm³/mol. The molecule has 1 saturated heterocycles. The van der Waals surface area contributed by atoms with E-state index in [1.807, 2.05) is 35.9 Å². The Morgan fingerprint density at radius 1 is 1.14 bits per heavy atom. The number of aliphatic hydroxyl groups is 1. The number of carbonyl (C=O) groups is 1. The summed E-state index contributed by atoms with van der Waals surface area (Å²) >= 11 is 0. The van der Waals surface area contributed by atoms with Crippen molar-refractivity contribution in [1.29, 1.82) is 0 Å². The summed E-state index contributed by atoms with van der Waals surface area (Å²) in [6.45, 7) is 2.32. The number of rotatable bonds is 10. The van der Waals surface area contributed by atoms with E-state index in [4.69, 9.17) is 23.7 Å². The summed E-state index contributed by atoms with van der Waals surface area (Å²) in [6.07, 6.45) is 1.88. The summed E-state index contributed by atoms with van der Waals surface area (Å²) in [5, 5.41) is 14.7. The number of nitrogens with one attached hydrogen (secondary N) is 2. The van der Waals surface area contributed by atoms with E-state index in [0.29, 0.717) is 60.5 Å². The number of carbonyl (C=O) groups excluding carboxylic acids is 1. The first-order chi connectivity index (χ1) is 17.6. The number of hydrogen-bond acceptors (Lipinski definition) is 9. The smallest absolute Gasteiger partial charge is 0.302 e. The lowest BCUT2D eigenvalue weighted by Crippen LogP contribution is -2.27. The van der Waals surface area contributed by atoms with Gasteiger partial charge in [0.15, 0.2) is 5.58 Å². The van der Waals surface area contributed by atoms with Crippen molar-refractivity contribution < 1.29 is 28.5 Å². The fourth-order valence-corrected chi connectivity index (χ4v) is 4.07. The van der Waals surface area contributed by atoms with Crippen molar-refractivity contribution in [3.63, 3.8) is 0 Å². The molecule has 3 heterocycles. The van der Waals surface area contributed by atoms with Crippen LogP contribution in [0.3, 0.4) is 0 Å². The van der Waals surface area contributed by atoms with Crippen LogP contribution in [-0.2, 0) is 16.5 Å². The summed E-state index contributed by atoms with van der Waals surface area (Å²) in [7, 11) is 1.87. The molecule has 2 aromatic carbocycles. The lowest BCUT2D eigenvalue weighted by molar-refractivity contribution is 0.0256. The van der Waals surface area contributed by atoms with Gasteiger partial charge in [-0.3, -0.25) is 10.1 Å². The molecule has 4 aromatic rings. The number of nitrogens with zero attached hydrogens (tertiary/aromatic N) is 3. The van der Waals surface area contributed by atoms with Crippen LogP contribution in [0.2, 0.25) is 0 Å². The predicted octanol–water partition coefficient (Wildman–Crippen LogP) is 2.75. The number of amides is 1. The highest BCUT2D eigenvalue weighted by molar-refractivity contribution is 5.97. The minimum atomic E-state index is -0.220. The molecule has 0 radical (unpaired) electrons. The van der Waals surface area contributed by atoms with Crippen LogP contribution in [0.15, 0.2) is 40.8 Å². The van der Waals surface area contributed by atoms with E-state index in [1.165, 1.54) is 0 Å². The van der Waals surface area contributed by atoms with E-state index < -0.39 is 0 Å². The number of benzene rings is 2. The zero-order valence-corrected chi connectivity index (χ0v) is 20.0. The number of hydrogen-bond donors (Lipinski definition) is 3. The minimum Gasteiger partial charge on any atom is -0.490 e. The monoisotopic (exact) mass is 495 g/mol. The molecule has 36 heavy (non-hydrogen) atoms. The number of fused-ring (bicyclic) bond motifs is 2. The van der Waals surface area contributed by atoms with E-state index in [1.54, 1.807) is 12.1 Å². The van der Waals surface area contributed by atoms with E-state index in [-0.39, 0.29) is 25.2 Å². The third-order valence-electron chi connectivity index (χ3n) is 5.96. The molecule has 1 fully saturated rings. The van der Waals surface area contributed by atoms with Gasteiger partial charge in [0.05, 0.1) is 44.1 Å². The molecule has 0 atom stereocenters. The summed E-state index contributed by atoms with van der Waals surface area (Å²) < 4.78 is 24.4. The molecule has 5 rings (SSSR count). The van der Waals surface area contributed by atoms with Gasteiger partial charge in [-0.1, -0.05) is 0 Å². The summed E-state index contributed by atoms with van der Waals surface area (Å²) in [6, 6.07) is 11.2. The van der Waals surface area contributed by atoms with E-state index in [0.717, 1.165) is 24.1 Å². The van der Waals surface area contributed by atoms with Gasteiger partial charge in [-0.2, -0.15) is 4.98 Å². The number of oxazole rings is 1. The average Bonchev–Trinajstić information content (AvgIpc) is 3.43. The van der Waals surface area contributed by atoms with Crippen molar-refractivity contribution in [3.8, 4) is 5.75 Å². The number of imidazole rings is 1. The Labute approximate surface area is 207 Å². The first kappa shape index (κ1) is 24.0. The maximum atomic E-state index is 12.4. The lowest BCUT2D eigenvalue weighted by Gasteiger charge is -2.23. The number of anilines is 2. The second kappa shape index (κ2) is 10.9. The fraction of sp³-hybridized carbons (Fsp3) is 0.400. The Kier molecular flexibility index (Phi) is 7.31. The van der Waals surface area contributed by atoms with Crippen molar-refractivity contribution in [2.24, 2.45) is 7.05 Å². The minimum absolute atomic E-state index is 0.0454. The molecule has 0 aliphatic carbocycles. The second-order valence-electron chi connectivity index (χ2n) is 8.49. The van der Waals surface area contributed by atoms with Crippen LogP contribution in [-0.4, -0.2) is 71.2 Å². The Morgan fingerprint density at radius 2 is 2.00 bits per heavy atom. The van der Waals surface area contributed by atoms with Crippen LogP contribution in [0, 0.1) is 0 Å². The van der Waals surface area contributed by atoms with Gasteiger partial charge in [0.25, 0.3) is 5.91 Å². The molecule has 2 aromatic heterocycles. The van der Waals surface area contributed by atoms with Gasteiger partial charge in [-0.15, -0.1) is 0 Å². The molecule has 0 unspecified atom stereocenters. The zero-order chi connectivity index (χ0) is 24.9. The normalized spacial score (nSPS) is 14.4. The fourth-order valence-electron chi connectivity index (χ4n) is 4.07. The van der Waals surface area contributed by atoms with E-state index in [9.17, 15) is 4.79 Å². The largest absolute Gasteiger partial charge is 0.490 e. The Balaban J connectivity index is 1.27. The molecule has 11 heteroatoms. The molecule has 3 N–H and O–H groups in total. The van der Waals surface area contributed by atoms with Gasteiger partial charge in [0.2, 0.25) is 5.95 Å². The van der Waals surface area contributed by atoms with Gasteiger partial charge < -0.3 is 33.6 Å². The first-order valence-corrected chi connectivity index (χ1v) is 12.0. The highest BCUT2D eigenvalue weighted by Gasteiger charge is 2.17. The highest BCUT2D eigenvalue weighted by Crippen LogP contribution is 2.28. The molecule has 1 amide bonds. The third-order valence-corrected chi connectivity index (χ3v) is 5.96. The van der Waals surface area contributed by atoms with Crippen molar-refractivity contribution in [2.45, 2.75) is 18.9 Å². The van der Waals surface area contributed by atoms with Gasteiger partial charge in [-0.25, -0.2) is 4.98 Å². The maximum absolute atomic E-state index is 12.4. The molecular weight excluding hydrogens is 466 g/mol. The highest BCUT2D eigenvalue weighted by atomic mass is 16.5. The van der Waals surface area contributed by atoms with Crippen molar-refractivity contribution >= 4 is 40.0 Å². The van der Waals surface area contributed by atoms with Gasteiger partial charge in [0, 0.05) is 38.1 Å². The molecule has 1 aliphatic heterocycles. The van der Waals surface area contributed by atoms with Crippen molar-refractivity contribution in [2.75, 3.05) is 44.9 Å². The summed E-state index contributed by atoms with van der Waals surface area (Å²) in [5.74, 6) is 1.05. The number of ether oxygens (including phenoxy) is 3. The average molecular weight is 496 g/mol. The zero-order valence-electron chi connectivity index (χ0n) is 20.0. The van der Waals surface area contributed by atoms with Crippen LogP contribution in [0.4, 0.5) is 12.0 Å². The summed E-state index contributed by atoms with van der Waals surface area (Å²) in [4.78, 5) is 21.6. The molecule has 190 valence electrons. The van der Waals surface area contributed by atoms with Crippen LogP contribution < -0.4 is 15.4 Å². The Hall–Kier alpha value is -3.67. The van der Waals surface area contributed by atoms with Crippen LogP contribution in [0.5, 0.6) is 5.75 Å². The van der Waals surface area contributed by atoms with Gasteiger partial charge in [-0.05, 0) is 30.3 Å². The molecule has 0 saturated carbocycles. The SMILES string of the molecule is Cn1c(Nc2nc3ccc(OC4CCOCC4)cc3o2)nc2cc(C(=O)NCCOCCO)ccc21. The number of aliphatic hydroxyl groups excluding tert-OH is 1. The molecule has 0 spiro atoms. The molecule has 1 aliphatic rings. The van der Waals surface area contributed by atoms with Crippen molar-refractivity contribution in [1.82, 2.24) is 19.9 Å². The Bertz CT molecular complexity index is 1340. The molecular formula is C25H29N5O6. The second-order valence-corrected chi connectivity index (χ2v) is 8.49. The number of aryl methyl sites for hydroxylation is 1. The Morgan fingerprint density at radius 3 is 2.83 bits per heavy atom. The maximum Gasteiger partial charge on any atom is 0.302 e. The standard InChI is InChI=1S/C25H29N5O6/c1-30-21-5-2-16(23(32)26-8-12-34-13-9-31)14-20(21)27-24(30)29-25-28-19-4-3-18(15-22(19)36-25)35-17-6-10-33-11-7-17/h2-5,14-15,17,31H,6-13H2,1H3,(H,26,32)(H,27,28,29). The van der Waals surface area contributed by atoms with E-state index in [2.05, 4.69) is 20.6 Å². The lowest BCUT2D eigenvalue weighted by atomic mass is 10.1. The molecule has 0 bridgehead atoms. The van der Waals surface area contributed by atoms with Gasteiger partial charge in [0.1, 0.15) is 17.4 Å². The third kappa shape index (κ3) is 5.43. The summed E-state index contributed by atoms with van der Waals surface area (Å²) in [5.41, 5.74) is 3.32. The molecule has 11 nitrogen and oxygen atoms in total. The topological polar surface area (TPSA) is 133 Å². The number of aromatic nitrogens is 3. The van der Waals surface area contributed by atoms with Crippen LogP contribution in [0.25, 0.3) is 22.1 Å². The van der Waals surface area contributed by atoms with Gasteiger partial charge >= 0.3 is 6.01 Å². The van der Waals surface area contributed by atoms with Crippen molar-refractivity contribution in [3.05, 3.63) is 42.0 Å². The quantitative estimate of drug-likeness (QED) is 0.284. The van der Waals surface area contributed by atoms with Crippen LogP contribution in [0.1, 0.15) is 23.2 Å². The first-order valence-electron chi connectivity index (χ1n) is 12.0.